The summed E-state index contributed by atoms with van der Waals surface area (Å²) in [6.45, 7) is 0. The maximum absolute atomic E-state index is 13.3. The van der Waals surface area contributed by atoms with Gasteiger partial charge in [0.2, 0.25) is 0 Å². The number of benzene rings is 2. The molecule has 0 unspecified atom stereocenters. The number of pyridine rings is 2. The van der Waals surface area contributed by atoms with Crippen molar-refractivity contribution in [2.24, 2.45) is 0 Å². The first-order valence-electron chi connectivity index (χ1n) is 10.1. The Labute approximate surface area is 198 Å². The van der Waals surface area contributed by atoms with E-state index in [0.29, 0.717) is 6.07 Å². The Morgan fingerprint density at radius 2 is 1.69 bits per heavy atom. The molecule has 0 aliphatic rings. The van der Waals surface area contributed by atoms with Gasteiger partial charge in [0.1, 0.15) is 17.1 Å². The third-order valence-electron chi connectivity index (χ3n) is 5.11. The van der Waals surface area contributed by atoms with Crippen LogP contribution in [0.1, 0.15) is 21.5 Å². The number of hydrogen-bond donors (Lipinski definition) is 1. The Hall–Kier alpha value is -4.35. The van der Waals surface area contributed by atoms with E-state index in [-0.39, 0.29) is 22.3 Å². The first-order chi connectivity index (χ1) is 16.8. The molecule has 0 fully saturated rings. The molecule has 186 valence electrons. The smallest absolute Gasteiger partial charge is 0.506 e. The van der Waals surface area contributed by atoms with E-state index < -0.39 is 52.9 Å². The Morgan fingerprint density at radius 3 is 2.39 bits per heavy atom. The Kier molecular flexibility index (Phi) is 6.21. The van der Waals surface area contributed by atoms with Crippen LogP contribution in [0.2, 0.25) is 0 Å². The van der Waals surface area contributed by atoms with Crippen molar-refractivity contribution in [1.82, 2.24) is 9.55 Å². The molecule has 0 amide bonds. The molecule has 1 N–H and O–H groups in total. The van der Waals surface area contributed by atoms with E-state index in [9.17, 15) is 41.0 Å². The lowest BCUT2D eigenvalue weighted by molar-refractivity contribution is -0.274. The van der Waals surface area contributed by atoms with Crippen LogP contribution in [0.3, 0.4) is 0 Å². The molecule has 0 spiro atoms. The molecule has 0 aliphatic heterocycles. The number of Topliss-reactive ketones (excluding diaryl/α,β-unsaturated/α-hetero) is 1. The Balaban J connectivity index is 1.85. The van der Waals surface area contributed by atoms with Gasteiger partial charge in [0.25, 0.3) is 5.56 Å². The number of ketones is 1. The summed E-state index contributed by atoms with van der Waals surface area (Å²) in [5, 5.41) is 10.6. The van der Waals surface area contributed by atoms with Crippen LogP contribution in [0.15, 0.2) is 71.7 Å². The van der Waals surface area contributed by atoms with Gasteiger partial charge in [-0.2, -0.15) is 13.2 Å². The molecule has 4 aromatic rings. The molecule has 0 saturated heterocycles. The average Bonchev–Trinajstić information content (AvgIpc) is 2.78. The molecular weight excluding hydrogens is 494 g/mol. The number of alkyl halides is 6. The topological polar surface area (TPSA) is 81.4 Å². The highest BCUT2D eigenvalue weighted by atomic mass is 19.4. The highest BCUT2D eigenvalue weighted by molar-refractivity contribution is 6.04. The van der Waals surface area contributed by atoms with Crippen molar-refractivity contribution < 1.29 is 41.0 Å². The zero-order chi connectivity index (χ0) is 26.3. The minimum atomic E-state index is -4.97. The maximum atomic E-state index is 13.3. The van der Waals surface area contributed by atoms with E-state index in [4.69, 9.17) is 0 Å². The number of hydrogen-bond acceptors (Lipinski definition) is 5. The highest BCUT2D eigenvalue weighted by Crippen LogP contribution is 2.32. The number of halogens is 6. The van der Waals surface area contributed by atoms with E-state index in [1.807, 2.05) is 0 Å². The number of carbonyl (C=O) groups excluding carboxylic acids is 1. The fourth-order valence-corrected chi connectivity index (χ4v) is 3.64. The molecule has 4 rings (SSSR count). The third-order valence-corrected chi connectivity index (χ3v) is 5.11. The summed E-state index contributed by atoms with van der Waals surface area (Å²) in [6, 6.07) is 10.9. The zero-order valence-corrected chi connectivity index (χ0v) is 17.9. The van der Waals surface area contributed by atoms with Crippen LogP contribution in [0.4, 0.5) is 26.3 Å². The number of fused-ring (bicyclic) bond motifs is 1. The number of rotatable bonds is 5. The molecule has 36 heavy (non-hydrogen) atoms. The van der Waals surface area contributed by atoms with Crippen LogP contribution in [0.25, 0.3) is 16.7 Å². The summed E-state index contributed by atoms with van der Waals surface area (Å²) in [4.78, 5) is 30.4. The molecule has 0 aliphatic carbocycles. The first kappa shape index (κ1) is 24.8. The van der Waals surface area contributed by atoms with Gasteiger partial charge in [-0.1, -0.05) is 18.2 Å². The molecule has 0 saturated carbocycles. The number of aromatic hydroxyl groups is 1. The third kappa shape index (κ3) is 5.02. The second kappa shape index (κ2) is 9.02. The predicted octanol–water partition coefficient (Wildman–Crippen LogP) is 5.43. The fraction of sp³-hybridized carbons (Fsp3) is 0.125. The van der Waals surface area contributed by atoms with Crippen molar-refractivity contribution in [3.63, 3.8) is 0 Å². The van der Waals surface area contributed by atoms with Gasteiger partial charge in [0, 0.05) is 12.6 Å². The van der Waals surface area contributed by atoms with Gasteiger partial charge in [0.05, 0.1) is 16.6 Å². The van der Waals surface area contributed by atoms with E-state index >= 15 is 0 Å². The lowest BCUT2D eigenvalue weighted by Crippen LogP contribution is -2.27. The van der Waals surface area contributed by atoms with Gasteiger partial charge < -0.3 is 9.84 Å². The minimum absolute atomic E-state index is 0.0393. The maximum Gasteiger partial charge on any atom is 0.573 e. The van der Waals surface area contributed by atoms with Crippen LogP contribution in [-0.2, 0) is 12.6 Å². The standard InChI is InChI=1S/C24H14F6N2O4/c25-23(26,27)14-5-2-6-15(12-14)32-21-17(8-3-9-31-21)20(34)19(22(32)35)18(33)11-13-4-1-7-16(10-13)36-24(28,29)30/h1-10,12,34H,11H2. The first-order valence-corrected chi connectivity index (χ1v) is 10.1. The molecule has 2 aromatic heterocycles. The lowest BCUT2D eigenvalue weighted by atomic mass is 10.0. The summed E-state index contributed by atoms with van der Waals surface area (Å²) in [6.07, 6.45) is -9.04. The summed E-state index contributed by atoms with van der Waals surface area (Å²) >= 11 is 0. The van der Waals surface area contributed by atoms with Gasteiger partial charge in [0.15, 0.2) is 11.4 Å². The molecule has 2 aromatic carbocycles. The van der Waals surface area contributed by atoms with Gasteiger partial charge in [-0.3, -0.25) is 14.2 Å². The van der Waals surface area contributed by atoms with Crippen LogP contribution in [0, 0.1) is 0 Å². The minimum Gasteiger partial charge on any atom is -0.506 e. The second-order valence-electron chi connectivity index (χ2n) is 7.58. The fourth-order valence-electron chi connectivity index (χ4n) is 3.64. The van der Waals surface area contributed by atoms with Crippen LogP contribution in [-0.4, -0.2) is 26.8 Å². The molecular formula is C24H14F6N2O4. The number of carbonyl (C=O) groups is 1. The summed E-state index contributed by atoms with van der Waals surface area (Å²) in [5.74, 6) is -2.33. The van der Waals surface area contributed by atoms with Crippen molar-refractivity contribution in [2.75, 3.05) is 0 Å². The average molecular weight is 508 g/mol. The van der Waals surface area contributed by atoms with Crippen LogP contribution >= 0.6 is 0 Å². The molecule has 6 nitrogen and oxygen atoms in total. The summed E-state index contributed by atoms with van der Waals surface area (Å²) in [5.41, 5.74) is -3.37. The van der Waals surface area contributed by atoms with Crippen molar-refractivity contribution in [3.8, 4) is 17.2 Å². The predicted molar refractivity (Wildman–Crippen MR) is 115 cm³/mol. The summed E-state index contributed by atoms with van der Waals surface area (Å²) < 4.78 is 82.0. The van der Waals surface area contributed by atoms with Crippen molar-refractivity contribution in [2.45, 2.75) is 19.0 Å². The Morgan fingerprint density at radius 1 is 0.972 bits per heavy atom. The molecule has 0 bridgehead atoms. The van der Waals surface area contributed by atoms with Crippen molar-refractivity contribution in [3.05, 3.63) is 93.9 Å². The summed E-state index contributed by atoms with van der Waals surface area (Å²) in [7, 11) is 0. The highest BCUT2D eigenvalue weighted by Gasteiger charge is 2.32. The molecule has 0 radical (unpaired) electrons. The normalized spacial score (nSPS) is 12.1. The second-order valence-corrected chi connectivity index (χ2v) is 7.58. The zero-order valence-electron chi connectivity index (χ0n) is 17.9. The van der Waals surface area contributed by atoms with Gasteiger partial charge >= 0.3 is 12.5 Å². The largest absolute Gasteiger partial charge is 0.573 e. The quantitative estimate of drug-likeness (QED) is 0.287. The lowest BCUT2D eigenvalue weighted by Gasteiger charge is -2.15. The number of aromatic nitrogens is 2. The SMILES string of the molecule is O=C(Cc1cccc(OC(F)(F)F)c1)c1c(O)c2cccnc2n(-c2cccc(C(F)(F)F)c2)c1=O. The van der Waals surface area contributed by atoms with Crippen molar-refractivity contribution in [1.29, 1.82) is 0 Å². The van der Waals surface area contributed by atoms with Crippen LogP contribution < -0.4 is 10.3 Å². The van der Waals surface area contributed by atoms with E-state index in [0.717, 1.165) is 28.8 Å². The van der Waals surface area contributed by atoms with Crippen LogP contribution in [0.5, 0.6) is 11.5 Å². The van der Waals surface area contributed by atoms with E-state index in [1.54, 1.807) is 0 Å². The monoisotopic (exact) mass is 508 g/mol. The van der Waals surface area contributed by atoms with Gasteiger partial charge in [-0.15, -0.1) is 13.2 Å². The molecule has 2 heterocycles. The van der Waals surface area contributed by atoms with Gasteiger partial charge in [-0.25, -0.2) is 4.98 Å². The molecule has 0 atom stereocenters. The van der Waals surface area contributed by atoms with Gasteiger partial charge in [-0.05, 0) is 48.0 Å². The van der Waals surface area contributed by atoms with E-state index in [2.05, 4.69) is 9.72 Å². The number of nitrogens with zero attached hydrogens (tertiary/aromatic N) is 2. The van der Waals surface area contributed by atoms with Crippen molar-refractivity contribution >= 4 is 16.8 Å². The number of ether oxygens (including phenoxy) is 1. The molecule has 12 heteroatoms. The van der Waals surface area contributed by atoms with E-state index in [1.165, 1.54) is 36.5 Å². The Bertz CT molecular complexity index is 1530.